The highest BCUT2D eigenvalue weighted by atomic mass is 35.5. The Labute approximate surface area is 179 Å². The predicted octanol–water partition coefficient (Wildman–Crippen LogP) is 4.65. The topological polar surface area (TPSA) is 49.4 Å². The summed E-state index contributed by atoms with van der Waals surface area (Å²) in [5.74, 6) is -0.131. The molecule has 2 atom stereocenters. The highest BCUT2D eigenvalue weighted by Gasteiger charge is 2.28. The first-order valence-corrected chi connectivity index (χ1v) is 10.7. The highest BCUT2D eigenvalue weighted by molar-refractivity contribution is 6.30. The van der Waals surface area contributed by atoms with Crippen LogP contribution in [-0.2, 0) is 22.4 Å². The van der Waals surface area contributed by atoms with E-state index >= 15 is 0 Å². The summed E-state index contributed by atoms with van der Waals surface area (Å²) in [7, 11) is 0. The average molecular weight is 415 g/mol. The van der Waals surface area contributed by atoms with E-state index in [1.165, 1.54) is 0 Å². The fraction of sp³-hybridized carbons (Fsp3) is 0.417. The summed E-state index contributed by atoms with van der Waals surface area (Å²) in [6.07, 6.45) is 2.38. The molecule has 0 aromatic heterocycles. The number of carbonyl (C=O) groups excluding carboxylic acids is 2. The van der Waals surface area contributed by atoms with Crippen molar-refractivity contribution in [1.82, 2.24) is 10.2 Å². The van der Waals surface area contributed by atoms with Crippen molar-refractivity contribution in [2.24, 2.45) is 0 Å². The normalized spacial score (nSPS) is 12.8. The van der Waals surface area contributed by atoms with Gasteiger partial charge in [0.15, 0.2) is 0 Å². The predicted molar refractivity (Wildman–Crippen MR) is 119 cm³/mol. The molecule has 5 heteroatoms. The zero-order chi connectivity index (χ0) is 21.2. The summed E-state index contributed by atoms with van der Waals surface area (Å²) < 4.78 is 0. The minimum atomic E-state index is -0.479. The van der Waals surface area contributed by atoms with E-state index < -0.39 is 6.04 Å². The maximum absolute atomic E-state index is 13.2. The van der Waals surface area contributed by atoms with Gasteiger partial charge in [-0.2, -0.15) is 0 Å². The van der Waals surface area contributed by atoms with E-state index in [2.05, 4.69) is 5.32 Å². The van der Waals surface area contributed by atoms with E-state index in [1.54, 1.807) is 17.0 Å². The lowest BCUT2D eigenvalue weighted by Gasteiger charge is -2.31. The van der Waals surface area contributed by atoms with Crippen molar-refractivity contribution in [1.29, 1.82) is 0 Å². The molecule has 0 saturated heterocycles. The van der Waals surface area contributed by atoms with Crippen LogP contribution in [0.15, 0.2) is 54.6 Å². The van der Waals surface area contributed by atoms with Gasteiger partial charge in [-0.1, -0.05) is 67.9 Å². The third-order valence-corrected chi connectivity index (χ3v) is 5.39. The lowest BCUT2D eigenvalue weighted by atomic mass is 10.1. The summed E-state index contributed by atoms with van der Waals surface area (Å²) in [4.78, 5) is 27.8. The minimum Gasteiger partial charge on any atom is -0.352 e. The van der Waals surface area contributed by atoms with Crippen molar-refractivity contribution >= 4 is 23.4 Å². The molecular formula is C24H31ClN2O2. The van der Waals surface area contributed by atoms with E-state index in [9.17, 15) is 9.59 Å². The first-order valence-electron chi connectivity index (χ1n) is 10.3. The summed E-state index contributed by atoms with van der Waals surface area (Å²) in [6.45, 7) is 6.47. The number of nitrogens with zero attached hydrogens (tertiary/aromatic N) is 1. The molecule has 2 amide bonds. The summed E-state index contributed by atoms with van der Waals surface area (Å²) in [5.41, 5.74) is 2.04. The van der Waals surface area contributed by atoms with Gasteiger partial charge in [-0.15, -0.1) is 0 Å². The first kappa shape index (κ1) is 23.0. The monoisotopic (exact) mass is 414 g/mol. The van der Waals surface area contributed by atoms with Gasteiger partial charge < -0.3 is 10.2 Å². The Kier molecular flexibility index (Phi) is 9.20. The molecule has 0 aliphatic rings. The van der Waals surface area contributed by atoms with Gasteiger partial charge in [-0.3, -0.25) is 9.59 Å². The molecule has 0 bridgehead atoms. The minimum absolute atomic E-state index is 0.0468. The highest BCUT2D eigenvalue weighted by Crippen LogP contribution is 2.14. The number of hydrogen-bond acceptors (Lipinski definition) is 2. The van der Waals surface area contributed by atoms with Gasteiger partial charge in [-0.25, -0.2) is 0 Å². The van der Waals surface area contributed by atoms with Gasteiger partial charge in [0, 0.05) is 17.6 Å². The Morgan fingerprint density at radius 3 is 2.21 bits per heavy atom. The summed E-state index contributed by atoms with van der Waals surface area (Å²) in [6, 6.07) is 16.9. The number of amides is 2. The van der Waals surface area contributed by atoms with Crippen molar-refractivity contribution in [2.75, 3.05) is 6.54 Å². The number of nitrogens with one attached hydrogen (secondary N) is 1. The molecule has 156 valence electrons. The van der Waals surface area contributed by atoms with E-state index in [0.29, 0.717) is 24.4 Å². The maximum atomic E-state index is 13.2. The molecule has 0 unspecified atom stereocenters. The molecule has 2 aromatic carbocycles. The van der Waals surface area contributed by atoms with Crippen molar-refractivity contribution < 1.29 is 9.59 Å². The van der Waals surface area contributed by atoms with Crippen LogP contribution in [0.4, 0.5) is 0 Å². The smallest absolute Gasteiger partial charge is 0.243 e. The molecule has 2 rings (SSSR count). The van der Waals surface area contributed by atoms with Crippen molar-refractivity contribution in [3.8, 4) is 0 Å². The Morgan fingerprint density at radius 1 is 0.966 bits per heavy atom. The maximum Gasteiger partial charge on any atom is 0.243 e. The number of hydrogen-bond donors (Lipinski definition) is 1. The van der Waals surface area contributed by atoms with E-state index in [-0.39, 0.29) is 24.3 Å². The Morgan fingerprint density at radius 2 is 1.62 bits per heavy atom. The molecular weight excluding hydrogens is 384 g/mol. The zero-order valence-electron chi connectivity index (χ0n) is 17.5. The second-order valence-corrected chi connectivity index (χ2v) is 7.80. The lowest BCUT2D eigenvalue weighted by Crippen LogP contribution is -2.52. The van der Waals surface area contributed by atoms with E-state index in [0.717, 1.165) is 17.5 Å². The molecule has 29 heavy (non-hydrogen) atoms. The fourth-order valence-electron chi connectivity index (χ4n) is 3.22. The van der Waals surface area contributed by atoms with Crippen LogP contribution in [0.3, 0.4) is 0 Å². The van der Waals surface area contributed by atoms with Crippen LogP contribution in [0, 0.1) is 0 Å². The third kappa shape index (κ3) is 7.21. The van der Waals surface area contributed by atoms with Crippen molar-refractivity contribution in [3.63, 3.8) is 0 Å². The van der Waals surface area contributed by atoms with Gasteiger partial charge >= 0.3 is 0 Å². The molecule has 0 aliphatic carbocycles. The fourth-order valence-corrected chi connectivity index (χ4v) is 3.34. The van der Waals surface area contributed by atoms with Crippen LogP contribution >= 0.6 is 11.6 Å². The second-order valence-electron chi connectivity index (χ2n) is 7.37. The number of benzene rings is 2. The summed E-state index contributed by atoms with van der Waals surface area (Å²) >= 11 is 5.96. The first-order chi connectivity index (χ1) is 13.9. The van der Waals surface area contributed by atoms with Gasteiger partial charge in [0.2, 0.25) is 11.8 Å². The molecule has 4 nitrogen and oxygen atoms in total. The van der Waals surface area contributed by atoms with Crippen LogP contribution in [0.25, 0.3) is 0 Å². The number of halogens is 1. The number of rotatable bonds is 10. The van der Waals surface area contributed by atoms with Gasteiger partial charge in [-0.05, 0) is 49.4 Å². The van der Waals surface area contributed by atoms with Crippen LogP contribution in [-0.4, -0.2) is 35.3 Å². The Balaban J connectivity index is 2.18. The second kappa shape index (κ2) is 11.6. The molecule has 0 heterocycles. The standard InChI is InChI=1S/C24H31ClN2O2/c1-4-18(3)26-24(29)22(5-2)27(16-15-19-9-7-6-8-10-19)23(28)17-20-11-13-21(25)14-12-20/h6-14,18,22H,4-5,15-17H2,1-3H3,(H,26,29)/t18-,22+/m1/s1. The molecule has 0 fully saturated rings. The van der Waals surface area contributed by atoms with Crippen molar-refractivity contribution in [3.05, 3.63) is 70.7 Å². The van der Waals surface area contributed by atoms with Crippen LogP contribution in [0.5, 0.6) is 0 Å². The molecule has 2 aromatic rings. The Hall–Kier alpha value is -2.33. The molecule has 0 saturated carbocycles. The Bertz CT molecular complexity index is 777. The number of carbonyl (C=O) groups is 2. The van der Waals surface area contributed by atoms with E-state index in [1.807, 2.05) is 63.2 Å². The molecule has 0 aliphatic heterocycles. The molecule has 0 radical (unpaired) electrons. The zero-order valence-corrected chi connectivity index (χ0v) is 18.3. The van der Waals surface area contributed by atoms with Gasteiger partial charge in [0.05, 0.1) is 6.42 Å². The SMILES string of the molecule is CC[C@@H](C)NC(=O)[C@H](CC)N(CCc1ccccc1)C(=O)Cc1ccc(Cl)cc1. The quantitative estimate of drug-likeness (QED) is 0.615. The van der Waals surface area contributed by atoms with Gasteiger partial charge in [0.1, 0.15) is 6.04 Å². The largest absolute Gasteiger partial charge is 0.352 e. The average Bonchev–Trinajstić information content (AvgIpc) is 2.73. The van der Waals surface area contributed by atoms with Crippen LogP contribution < -0.4 is 5.32 Å². The van der Waals surface area contributed by atoms with Crippen LogP contribution in [0.1, 0.15) is 44.7 Å². The molecule has 1 N–H and O–H groups in total. The van der Waals surface area contributed by atoms with E-state index in [4.69, 9.17) is 11.6 Å². The van der Waals surface area contributed by atoms with Crippen molar-refractivity contribution in [2.45, 2.75) is 58.5 Å². The van der Waals surface area contributed by atoms with Gasteiger partial charge in [0.25, 0.3) is 0 Å². The van der Waals surface area contributed by atoms with Crippen LogP contribution in [0.2, 0.25) is 5.02 Å². The molecule has 0 spiro atoms. The summed E-state index contributed by atoms with van der Waals surface area (Å²) in [5, 5.41) is 3.68. The lowest BCUT2D eigenvalue weighted by molar-refractivity contribution is -0.140. The third-order valence-electron chi connectivity index (χ3n) is 5.14.